The first kappa shape index (κ1) is 33.6. The fourth-order valence-electron chi connectivity index (χ4n) is 10.0. The molecule has 9 nitrogen and oxygen atoms in total. The van der Waals surface area contributed by atoms with Gasteiger partial charge in [0.25, 0.3) is 0 Å². The molecule has 254 valence electrons. The Balaban J connectivity index is 1.08. The van der Waals surface area contributed by atoms with Crippen molar-refractivity contribution in [1.82, 2.24) is 0 Å². The van der Waals surface area contributed by atoms with Crippen molar-refractivity contribution in [2.24, 2.45) is 57.2 Å². The Hall–Kier alpha value is -3.33. The molecular weight excluding hydrogens is 600 g/mol. The lowest BCUT2D eigenvalue weighted by molar-refractivity contribution is -0.176. The predicted molar refractivity (Wildman–Crippen MR) is 171 cm³/mol. The lowest BCUT2D eigenvalue weighted by Gasteiger charge is -2.47. The van der Waals surface area contributed by atoms with Gasteiger partial charge in [-0.05, 0) is 105 Å². The Morgan fingerprint density at radius 1 is 0.681 bits per heavy atom. The number of hydrogen-bond acceptors (Lipinski definition) is 9. The van der Waals surface area contributed by atoms with Gasteiger partial charge in [-0.15, -0.1) is 0 Å². The van der Waals surface area contributed by atoms with Crippen LogP contribution in [-0.4, -0.2) is 48.2 Å². The molecule has 9 atom stereocenters. The van der Waals surface area contributed by atoms with Gasteiger partial charge in [-0.1, -0.05) is 57.2 Å². The second-order valence-electron chi connectivity index (χ2n) is 15.9. The lowest BCUT2D eigenvalue weighted by atomic mass is 9.58. The molecule has 8 aliphatic carbocycles. The quantitative estimate of drug-likeness (QED) is 0.106. The van der Waals surface area contributed by atoms with E-state index >= 15 is 0 Å². The molecule has 0 aromatic heterocycles. The van der Waals surface area contributed by atoms with Gasteiger partial charge in [0.05, 0.1) is 22.9 Å². The van der Waals surface area contributed by atoms with Gasteiger partial charge in [-0.25, -0.2) is 9.59 Å². The van der Waals surface area contributed by atoms with Gasteiger partial charge < -0.3 is 19.3 Å². The van der Waals surface area contributed by atoms with Crippen LogP contribution in [0.15, 0.2) is 48.6 Å². The number of carbonyl (C=O) groups is 5. The minimum atomic E-state index is -1.04. The molecule has 9 heteroatoms. The molecule has 3 fully saturated rings. The number of carbonyl (C=O) groups excluding carboxylic acids is 5. The maximum Gasteiger partial charge on any atom is 0.338 e. The van der Waals surface area contributed by atoms with Crippen molar-refractivity contribution in [3.63, 3.8) is 0 Å². The Kier molecular flexibility index (Phi) is 9.00. The van der Waals surface area contributed by atoms with Gasteiger partial charge >= 0.3 is 29.8 Å². The van der Waals surface area contributed by atoms with Gasteiger partial charge in [0.1, 0.15) is 0 Å². The number of ether oxygens (including phenoxy) is 3. The average molecular weight is 649 g/mol. The third kappa shape index (κ3) is 5.87. The second-order valence-corrected chi connectivity index (χ2v) is 15.9. The number of aliphatic hydroxyl groups is 1. The normalized spacial score (nSPS) is 37.8. The molecule has 6 bridgehead atoms. The Labute approximate surface area is 276 Å². The first-order chi connectivity index (χ1) is 22.3. The second kappa shape index (κ2) is 12.6. The van der Waals surface area contributed by atoms with Crippen LogP contribution >= 0.6 is 0 Å². The van der Waals surface area contributed by atoms with Crippen molar-refractivity contribution in [3.05, 3.63) is 48.6 Å². The van der Waals surface area contributed by atoms with Gasteiger partial charge in [-0.3, -0.25) is 14.4 Å². The molecular formula is C38H48O9. The number of hydrogen-bond donors (Lipinski definition) is 1. The Morgan fingerprint density at radius 3 is 1.57 bits per heavy atom. The van der Waals surface area contributed by atoms with Crippen LogP contribution in [0.2, 0.25) is 0 Å². The first-order valence-electron chi connectivity index (χ1n) is 17.4. The van der Waals surface area contributed by atoms with Crippen molar-refractivity contribution in [2.45, 2.75) is 85.0 Å². The van der Waals surface area contributed by atoms with E-state index in [1.54, 1.807) is 0 Å². The third-order valence-electron chi connectivity index (χ3n) is 12.6. The molecule has 0 saturated heterocycles. The molecule has 0 radical (unpaired) electrons. The SMILES string of the molecule is CC(C)(C)C1(C(=O)OCCC2(C(=O)OC(=O)/C=C\C(=O)OC(=O)C3(CCO)CC4C=CC3CC4)CC3C=CC2CC3)CC2C=CC1C2. The summed E-state index contributed by atoms with van der Waals surface area (Å²) in [6, 6.07) is 0. The summed E-state index contributed by atoms with van der Waals surface area (Å²) >= 11 is 0. The summed E-state index contributed by atoms with van der Waals surface area (Å²) in [5.41, 5.74) is -2.93. The fourth-order valence-corrected chi connectivity index (χ4v) is 10.0. The summed E-state index contributed by atoms with van der Waals surface area (Å²) in [6.07, 6.45) is 20.7. The zero-order valence-electron chi connectivity index (χ0n) is 27.8. The molecule has 3 saturated carbocycles. The Morgan fingerprint density at radius 2 is 1.19 bits per heavy atom. The highest BCUT2D eigenvalue weighted by molar-refractivity contribution is 6.00. The fraction of sp³-hybridized carbons (Fsp3) is 0.658. The zero-order chi connectivity index (χ0) is 33.6. The minimum Gasteiger partial charge on any atom is -0.465 e. The molecule has 9 unspecified atom stereocenters. The highest BCUT2D eigenvalue weighted by Gasteiger charge is 2.61. The zero-order valence-corrected chi connectivity index (χ0v) is 27.8. The maximum atomic E-state index is 13.7. The van der Waals surface area contributed by atoms with E-state index in [0.29, 0.717) is 18.8 Å². The van der Waals surface area contributed by atoms with Crippen molar-refractivity contribution in [2.75, 3.05) is 13.2 Å². The minimum absolute atomic E-state index is 0.0367. The summed E-state index contributed by atoms with van der Waals surface area (Å²) in [4.78, 5) is 66.1. The van der Waals surface area contributed by atoms with Crippen molar-refractivity contribution in [3.8, 4) is 0 Å². The van der Waals surface area contributed by atoms with Gasteiger partial charge in [0.2, 0.25) is 0 Å². The molecule has 0 spiro atoms. The van der Waals surface area contributed by atoms with E-state index in [2.05, 4.69) is 45.1 Å². The number of aliphatic hydroxyl groups excluding tert-OH is 1. The van der Waals surface area contributed by atoms with Crippen LogP contribution in [-0.2, 0) is 38.2 Å². The van der Waals surface area contributed by atoms with E-state index < -0.39 is 40.1 Å². The van der Waals surface area contributed by atoms with E-state index in [1.807, 2.05) is 12.2 Å². The van der Waals surface area contributed by atoms with Gasteiger partial charge in [0.15, 0.2) is 0 Å². The molecule has 1 N–H and O–H groups in total. The molecule has 0 aliphatic heterocycles. The lowest BCUT2D eigenvalue weighted by Crippen LogP contribution is -2.49. The van der Waals surface area contributed by atoms with Crippen LogP contribution in [0.3, 0.4) is 0 Å². The van der Waals surface area contributed by atoms with Crippen molar-refractivity contribution < 1.29 is 43.3 Å². The van der Waals surface area contributed by atoms with E-state index in [1.165, 1.54) is 0 Å². The van der Waals surface area contributed by atoms with Crippen LogP contribution in [0.4, 0.5) is 0 Å². The van der Waals surface area contributed by atoms with Crippen molar-refractivity contribution >= 4 is 29.8 Å². The largest absolute Gasteiger partial charge is 0.465 e. The van der Waals surface area contributed by atoms with Crippen LogP contribution in [0.5, 0.6) is 0 Å². The summed E-state index contributed by atoms with van der Waals surface area (Å²) in [5.74, 6) is -3.14. The number of allylic oxidation sites excluding steroid dienone is 6. The molecule has 0 aromatic rings. The molecule has 0 aromatic carbocycles. The van der Waals surface area contributed by atoms with Crippen molar-refractivity contribution in [1.29, 1.82) is 0 Å². The average Bonchev–Trinajstić information content (AvgIpc) is 3.68. The summed E-state index contributed by atoms with van der Waals surface area (Å²) in [5, 5.41) is 9.66. The summed E-state index contributed by atoms with van der Waals surface area (Å²) in [7, 11) is 0. The summed E-state index contributed by atoms with van der Waals surface area (Å²) in [6.45, 7) is 6.08. The van der Waals surface area contributed by atoms with Gasteiger partial charge in [0, 0.05) is 18.8 Å². The Bertz CT molecular complexity index is 1430. The van der Waals surface area contributed by atoms with Crippen LogP contribution in [0.25, 0.3) is 0 Å². The number of fused-ring (bicyclic) bond motifs is 6. The van der Waals surface area contributed by atoms with Crippen LogP contribution in [0.1, 0.15) is 85.0 Å². The monoisotopic (exact) mass is 648 g/mol. The third-order valence-corrected chi connectivity index (χ3v) is 12.6. The maximum absolute atomic E-state index is 13.7. The summed E-state index contributed by atoms with van der Waals surface area (Å²) < 4.78 is 16.4. The molecule has 0 amide bonds. The van der Waals surface area contributed by atoms with E-state index in [-0.39, 0.29) is 67.0 Å². The van der Waals surface area contributed by atoms with E-state index in [4.69, 9.17) is 14.2 Å². The highest BCUT2D eigenvalue weighted by atomic mass is 16.6. The van der Waals surface area contributed by atoms with Gasteiger partial charge in [-0.2, -0.15) is 0 Å². The molecule has 8 rings (SSSR count). The number of rotatable bonds is 10. The number of esters is 5. The van der Waals surface area contributed by atoms with Crippen LogP contribution in [0, 0.1) is 57.2 Å². The highest BCUT2D eigenvalue weighted by Crippen LogP contribution is 2.61. The molecule has 8 aliphatic rings. The standard InChI is InChI=1S/C38H48O9/c1-35(2,3)38(23-26-8-13-29(38)20-26)34(44)45-19-17-37(22-25-6-11-28(37)12-7-25)33(43)47-31(41)15-14-30(40)46-32(42)36(16-18-39)21-24-4-9-27(36)10-5-24/h4,6,8-9,11,13-15,24-29,39H,5,7,10,12,16-23H2,1-3H3/b15-14-. The predicted octanol–water partition coefficient (Wildman–Crippen LogP) is 5.57. The molecule has 47 heavy (non-hydrogen) atoms. The van der Waals surface area contributed by atoms with E-state index in [9.17, 15) is 29.1 Å². The smallest absolute Gasteiger partial charge is 0.338 e. The van der Waals surface area contributed by atoms with Crippen LogP contribution < -0.4 is 0 Å². The first-order valence-corrected chi connectivity index (χ1v) is 17.4. The topological polar surface area (TPSA) is 133 Å². The molecule has 0 heterocycles. The van der Waals surface area contributed by atoms with E-state index in [0.717, 1.165) is 50.7 Å².